The third-order valence-electron chi connectivity index (χ3n) is 2.56. The van der Waals surface area contributed by atoms with E-state index < -0.39 is 0 Å². The molecule has 13 heavy (non-hydrogen) atoms. The van der Waals surface area contributed by atoms with Gasteiger partial charge in [0, 0.05) is 0 Å². The predicted molar refractivity (Wildman–Crippen MR) is 54.4 cm³/mol. The second kappa shape index (κ2) is 3.35. The zero-order valence-corrected chi connectivity index (χ0v) is 7.83. The van der Waals surface area contributed by atoms with Gasteiger partial charge in [-0.1, -0.05) is 30.4 Å². The maximum Gasteiger partial charge on any atom is 0.0764 e. The molecule has 0 heterocycles. The van der Waals surface area contributed by atoms with Gasteiger partial charge in [-0.3, -0.25) is 0 Å². The Morgan fingerprint density at radius 1 is 1.38 bits per heavy atom. The highest BCUT2D eigenvalue weighted by Gasteiger charge is 2.11. The predicted octanol–water partition coefficient (Wildman–Crippen LogP) is 2.70. The van der Waals surface area contributed by atoms with Gasteiger partial charge in [-0.2, -0.15) is 0 Å². The van der Waals surface area contributed by atoms with Gasteiger partial charge in [0.1, 0.15) is 0 Å². The highest BCUT2D eigenvalue weighted by Crippen LogP contribution is 2.26. The fourth-order valence-corrected chi connectivity index (χ4v) is 1.90. The number of hydrogen-bond acceptors (Lipinski definition) is 1. The van der Waals surface area contributed by atoms with Crippen molar-refractivity contribution in [2.45, 2.75) is 25.9 Å². The van der Waals surface area contributed by atoms with E-state index in [1.165, 1.54) is 11.1 Å². The van der Waals surface area contributed by atoms with Gasteiger partial charge in [0.25, 0.3) is 0 Å². The van der Waals surface area contributed by atoms with E-state index in [1.807, 2.05) is 19.1 Å². The van der Waals surface area contributed by atoms with Crippen LogP contribution in [0, 0.1) is 0 Å². The van der Waals surface area contributed by atoms with Gasteiger partial charge in [-0.05, 0) is 36.5 Å². The molecule has 0 fully saturated rings. The monoisotopic (exact) mass is 174 g/mol. The molecule has 0 saturated carbocycles. The molecule has 68 valence electrons. The van der Waals surface area contributed by atoms with Gasteiger partial charge in [0.15, 0.2) is 0 Å². The van der Waals surface area contributed by atoms with Crippen LogP contribution in [-0.4, -0.2) is 5.11 Å². The molecule has 0 saturated heterocycles. The summed E-state index contributed by atoms with van der Waals surface area (Å²) in [5.74, 6) is 0. The molecule has 1 atom stereocenters. The van der Waals surface area contributed by atoms with Crippen molar-refractivity contribution in [3.05, 3.63) is 41.0 Å². The van der Waals surface area contributed by atoms with Crippen molar-refractivity contribution in [1.29, 1.82) is 0 Å². The van der Waals surface area contributed by atoms with Crippen molar-refractivity contribution < 1.29 is 5.11 Å². The first-order valence-electron chi connectivity index (χ1n) is 4.75. The normalized spacial score (nSPS) is 16.8. The minimum atomic E-state index is -0.346. The molecular formula is C12H14O. The molecular weight excluding hydrogens is 160 g/mol. The van der Waals surface area contributed by atoms with Crippen LogP contribution in [0.1, 0.15) is 36.1 Å². The summed E-state index contributed by atoms with van der Waals surface area (Å²) < 4.78 is 0. The Bertz CT molecular complexity index is 337. The van der Waals surface area contributed by atoms with Crippen molar-refractivity contribution in [3.63, 3.8) is 0 Å². The number of benzene rings is 1. The Morgan fingerprint density at radius 2 is 2.23 bits per heavy atom. The molecule has 0 aromatic heterocycles. The number of fused-ring (bicyclic) bond motifs is 1. The summed E-state index contributed by atoms with van der Waals surface area (Å²) >= 11 is 0. The number of hydrogen-bond donors (Lipinski definition) is 1. The summed E-state index contributed by atoms with van der Waals surface area (Å²) in [7, 11) is 0. The van der Waals surface area contributed by atoms with Gasteiger partial charge < -0.3 is 5.11 Å². The Balaban J connectivity index is 2.53. The average Bonchev–Trinajstić information content (AvgIpc) is 2.17. The lowest BCUT2D eigenvalue weighted by Gasteiger charge is -2.16. The van der Waals surface area contributed by atoms with E-state index in [4.69, 9.17) is 0 Å². The second-order valence-electron chi connectivity index (χ2n) is 3.53. The highest BCUT2D eigenvalue weighted by atomic mass is 16.3. The molecule has 1 nitrogen and oxygen atoms in total. The molecule has 1 aliphatic carbocycles. The smallest absolute Gasteiger partial charge is 0.0764 e. The molecule has 0 unspecified atom stereocenters. The quantitative estimate of drug-likeness (QED) is 0.694. The molecule has 0 spiro atoms. The van der Waals surface area contributed by atoms with Gasteiger partial charge >= 0.3 is 0 Å². The SMILES string of the molecule is C[C@H](O)c1cccc2c1CCC=C2. The molecule has 1 N–H and O–H groups in total. The van der Waals surface area contributed by atoms with Gasteiger partial charge in [-0.25, -0.2) is 0 Å². The van der Waals surface area contributed by atoms with Gasteiger partial charge in [0.2, 0.25) is 0 Å². The van der Waals surface area contributed by atoms with Crippen LogP contribution in [0.4, 0.5) is 0 Å². The maximum atomic E-state index is 9.56. The minimum Gasteiger partial charge on any atom is -0.389 e. The first-order valence-corrected chi connectivity index (χ1v) is 4.75. The summed E-state index contributed by atoms with van der Waals surface area (Å²) in [5.41, 5.74) is 3.67. The topological polar surface area (TPSA) is 20.2 Å². The van der Waals surface area contributed by atoms with Crippen LogP contribution >= 0.6 is 0 Å². The van der Waals surface area contributed by atoms with Crippen molar-refractivity contribution in [2.24, 2.45) is 0 Å². The fourth-order valence-electron chi connectivity index (χ4n) is 1.90. The molecule has 0 radical (unpaired) electrons. The second-order valence-corrected chi connectivity index (χ2v) is 3.53. The largest absolute Gasteiger partial charge is 0.389 e. The van der Waals surface area contributed by atoms with Crippen LogP contribution in [-0.2, 0) is 6.42 Å². The van der Waals surface area contributed by atoms with Crippen molar-refractivity contribution in [2.75, 3.05) is 0 Å². The van der Waals surface area contributed by atoms with E-state index >= 15 is 0 Å². The highest BCUT2D eigenvalue weighted by molar-refractivity contribution is 5.58. The first kappa shape index (κ1) is 8.52. The molecule has 0 amide bonds. The average molecular weight is 174 g/mol. The summed E-state index contributed by atoms with van der Waals surface area (Å²) in [4.78, 5) is 0. The maximum absolute atomic E-state index is 9.56. The number of aliphatic hydroxyl groups excluding tert-OH is 1. The van der Waals surface area contributed by atoms with Crippen LogP contribution in [0.2, 0.25) is 0 Å². The third kappa shape index (κ3) is 1.52. The van der Waals surface area contributed by atoms with E-state index in [2.05, 4.69) is 18.2 Å². The van der Waals surface area contributed by atoms with E-state index in [9.17, 15) is 5.11 Å². The Morgan fingerprint density at radius 3 is 3.00 bits per heavy atom. The van der Waals surface area contributed by atoms with E-state index in [0.29, 0.717) is 0 Å². The molecule has 1 aromatic rings. The summed E-state index contributed by atoms with van der Waals surface area (Å²) in [6.45, 7) is 1.83. The molecule has 0 bridgehead atoms. The zero-order chi connectivity index (χ0) is 9.26. The van der Waals surface area contributed by atoms with Crippen molar-refractivity contribution in [1.82, 2.24) is 0 Å². The van der Waals surface area contributed by atoms with Crippen molar-refractivity contribution in [3.8, 4) is 0 Å². The number of aliphatic hydroxyl groups is 1. The molecule has 2 rings (SSSR count). The lowest BCUT2D eigenvalue weighted by atomic mass is 9.91. The molecule has 0 aliphatic heterocycles. The third-order valence-corrected chi connectivity index (χ3v) is 2.56. The van der Waals surface area contributed by atoms with Crippen molar-refractivity contribution >= 4 is 6.08 Å². The summed E-state index contributed by atoms with van der Waals surface area (Å²) in [6.07, 6.45) is 6.14. The van der Waals surface area contributed by atoms with Crippen LogP contribution < -0.4 is 0 Å². The lowest BCUT2D eigenvalue weighted by Crippen LogP contribution is -2.02. The fraction of sp³-hybridized carbons (Fsp3) is 0.333. The Labute approximate surface area is 78.7 Å². The van der Waals surface area contributed by atoms with Gasteiger partial charge in [0.05, 0.1) is 6.10 Å². The molecule has 1 heteroatoms. The summed E-state index contributed by atoms with van der Waals surface area (Å²) in [6, 6.07) is 6.14. The van der Waals surface area contributed by atoms with E-state index in [0.717, 1.165) is 18.4 Å². The van der Waals surface area contributed by atoms with Crippen LogP contribution in [0.5, 0.6) is 0 Å². The van der Waals surface area contributed by atoms with Crippen LogP contribution in [0.25, 0.3) is 6.08 Å². The zero-order valence-electron chi connectivity index (χ0n) is 7.83. The van der Waals surface area contributed by atoms with E-state index in [-0.39, 0.29) is 6.10 Å². The van der Waals surface area contributed by atoms with Gasteiger partial charge in [-0.15, -0.1) is 0 Å². The van der Waals surface area contributed by atoms with Crippen LogP contribution in [0.15, 0.2) is 24.3 Å². The number of rotatable bonds is 1. The Kier molecular flexibility index (Phi) is 2.19. The Hall–Kier alpha value is -1.08. The molecule has 1 aromatic carbocycles. The standard InChI is InChI=1S/C12H14O/c1-9(13)11-8-4-6-10-5-2-3-7-12(10)11/h2,4-6,8-9,13H,3,7H2,1H3/t9-/m0/s1. The lowest BCUT2D eigenvalue weighted by molar-refractivity contribution is 0.198. The van der Waals surface area contributed by atoms with E-state index in [1.54, 1.807) is 0 Å². The number of allylic oxidation sites excluding steroid dienone is 1. The first-order chi connectivity index (χ1) is 6.29. The van der Waals surface area contributed by atoms with Crippen LogP contribution in [0.3, 0.4) is 0 Å². The summed E-state index contributed by atoms with van der Waals surface area (Å²) in [5, 5.41) is 9.56. The minimum absolute atomic E-state index is 0.346. The molecule has 1 aliphatic rings.